The molecule has 0 aromatic rings. The van der Waals surface area contributed by atoms with Gasteiger partial charge in [0, 0.05) is 38.8 Å². The summed E-state index contributed by atoms with van der Waals surface area (Å²) in [5.74, 6) is 0.945. The molecule has 17 heavy (non-hydrogen) atoms. The molecular weight excluding hydrogens is 212 g/mol. The van der Waals surface area contributed by atoms with Crippen LogP contribution in [0.3, 0.4) is 0 Å². The molecule has 2 aliphatic rings. The van der Waals surface area contributed by atoms with Crippen molar-refractivity contribution in [2.75, 3.05) is 26.7 Å². The van der Waals surface area contributed by atoms with Crippen LogP contribution in [0.15, 0.2) is 0 Å². The predicted octanol–water partition coefficient (Wildman–Crippen LogP) is 1.87. The lowest BCUT2D eigenvalue weighted by Crippen LogP contribution is -2.59. The van der Waals surface area contributed by atoms with E-state index in [1.807, 2.05) is 7.11 Å². The SMILES string of the molecule is CCC1CNC(C2CC2)CN1CC(C)(C)OC. The van der Waals surface area contributed by atoms with Crippen LogP contribution < -0.4 is 5.32 Å². The van der Waals surface area contributed by atoms with E-state index >= 15 is 0 Å². The highest BCUT2D eigenvalue weighted by atomic mass is 16.5. The Labute approximate surface area is 106 Å². The van der Waals surface area contributed by atoms with E-state index in [1.54, 1.807) is 0 Å². The van der Waals surface area contributed by atoms with Crippen molar-refractivity contribution >= 4 is 0 Å². The molecule has 3 heteroatoms. The van der Waals surface area contributed by atoms with E-state index in [1.165, 1.54) is 25.8 Å². The van der Waals surface area contributed by atoms with Gasteiger partial charge in [-0.05, 0) is 39.0 Å². The van der Waals surface area contributed by atoms with Gasteiger partial charge in [0.2, 0.25) is 0 Å². The average Bonchev–Trinajstić information content (AvgIpc) is 3.12. The van der Waals surface area contributed by atoms with E-state index in [2.05, 4.69) is 31.0 Å². The van der Waals surface area contributed by atoms with E-state index in [0.717, 1.165) is 25.0 Å². The van der Waals surface area contributed by atoms with Gasteiger partial charge in [0.1, 0.15) is 0 Å². The van der Waals surface area contributed by atoms with E-state index in [9.17, 15) is 0 Å². The number of piperazine rings is 1. The molecule has 2 fully saturated rings. The van der Waals surface area contributed by atoms with Crippen LogP contribution in [0.4, 0.5) is 0 Å². The smallest absolute Gasteiger partial charge is 0.0749 e. The number of nitrogens with one attached hydrogen (secondary N) is 1. The van der Waals surface area contributed by atoms with Gasteiger partial charge in [0.05, 0.1) is 5.60 Å². The number of rotatable bonds is 5. The summed E-state index contributed by atoms with van der Waals surface area (Å²) >= 11 is 0. The van der Waals surface area contributed by atoms with Crippen LogP contribution in [-0.2, 0) is 4.74 Å². The molecule has 1 saturated heterocycles. The van der Waals surface area contributed by atoms with Gasteiger partial charge in [-0.1, -0.05) is 6.92 Å². The van der Waals surface area contributed by atoms with Gasteiger partial charge in [-0.25, -0.2) is 0 Å². The van der Waals surface area contributed by atoms with Crippen LogP contribution in [0, 0.1) is 5.92 Å². The van der Waals surface area contributed by atoms with Gasteiger partial charge in [-0.3, -0.25) is 4.90 Å². The molecule has 0 spiro atoms. The Hall–Kier alpha value is -0.120. The van der Waals surface area contributed by atoms with Crippen molar-refractivity contribution < 1.29 is 4.74 Å². The van der Waals surface area contributed by atoms with Crippen LogP contribution in [0.5, 0.6) is 0 Å². The third-order valence-corrected chi connectivity index (χ3v) is 4.36. The highest BCUT2D eigenvalue weighted by molar-refractivity contribution is 4.95. The normalized spacial score (nSPS) is 31.8. The minimum absolute atomic E-state index is 0.0289. The van der Waals surface area contributed by atoms with Crippen molar-refractivity contribution in [2.24, 2.45) is 5.92 Å². The van der Waals surface area contributed by atoms with E-state index < -0.39 is 0 Å². The molecule has 3 nitrogen and oxygen atoms in total. The maximum absolute atomic E-state index is 5.58. The third kappa shape index (κ3) is 3.43. The molecule has 1 N–H and O–H groups in total. The lowest BCUT2D eigenvalue weighted by Gasteiger charge is -2.43. The molecule has 0 bridgehead atoms. The number of hydrogen-bond donors (Lipinski definition) is 1. The zero-order valence-electron chi connectivity index (χ0n) is 11.8. The average molecular weight is 240 g/mol. The molecule has 1 aliphatic carbocycles. The molecule has 2 atom stereocenters. The van der Waals surface area contributed by atoms with Crippen LogP contribution in [0.2, 0.25) is 0 Å². The zero-order chi connectivity index (χ0) is 12.5. The van der Waals surface area contributed by atoms with Gasteiger partial charge in [0.25, 0.3) is 0 Å². The molecule has 0 radical (unpaired) electrons. The fourth-order valence-corrected chi connectivity index (χ4v) is 2.85. The van der Waals surface area contributed by atoms with Crippen molar-refractivity contribution in [1.29, 1.82) is 0 Å². The Kier molecular flexibility index (Phi) is 4.11. The minimum atomic E-state index is -0.0289. The summed E-state index contributed by atoms with van der Waals surface area (Å²) in [5.41, 5.74) is -0.0289. The van der Waals surface area contributed by atoms with Crippen LogP contribution in [-0.4, -0.2) is 49.3 Å². The second kappa shape index (κ2) is 5.25. The Bertz CT molecular complexity index is 251. The largest absolute Gasteiger partial charge is 0.377 e. The molecule has 0 amide bonds. The fourth-order valence-electron chi connectivity index (χ4n) is 2.85. The molecule has 0 aromatic carbocycles. The fraction of sp³-hybridized carbons (Fsp3) is 1.00. The van der Waals surface area contributed by atoms with Gasteiger partial charge in [0.15, 0.2) is 0 Å². The molecule has 1 heterocycles. The molecule has 1 aliphatic heterocycles. The van der Waals surface area contributed by atoms with Gasteiger partial charge >= 0.3 is 0 Å². The third-order valence-electron chi connectivity index (χ3n) is 4.36. The zero-order valence-corrected chi connectivity index (χ0v) is 11.8. The first-order valence-electron chi connectivity index (χ1n) is 7.08. The number of methoxy groups -OCH3 is 1. The van der Waals surface area contributed by atoms with Crippen LogP contribution >= 0.6 is 0 Å². The predicted molar refractivity (Wildman–Crippen MR) is 71.3 cm³/mol. The first-order valence-corrected chi connectivity index (χ1v) is 7.08. The van der Waals surface area contributed by atoms with Crippen molar-refractivity contribution in [2.45, 2.75) is 57.7 Å². The summed E-state index contributed by atoms with van der Waals surface area (Å²) in [4.78, 5) is 2.64. The van der Waals surface area contributed by atoms with E-state index in [0.29, 0.717) is 6.04 Å². The lowest BCUT2D eigenvalue weighted by atomic mass is 10.0. The van der Waals surface area contributed by atoms with Crippen molar-refractivity contribution in [3.8, 4) is 0 Å². The molecule has 2 unspecified atom stereocenters. The van der Waals surface area contributed by atoms with Gasteiger partial charge < -0.3 is 10.1 Å². The first-order chi connectivity index (χ1) is 8.05. The molecular formula is C14H28N2O. The van der Waals surface area contributed by atoms with Gasteiger partial charge in [-0.15, -0.1) is 0 Å². The summed E-state index contributed by atoms with van der Waals surface area (Å²) in [7, 11) is 1.82. The number of hydrogen-bond acceptors (Lipinski definition) is 3. The number of ether oxygens (including phenoxy) is 1. The monoisotopic (exact) mass is 240 g/mol. The Morgan fingerprint density at radius 1 is 1.35 bits per heavy atom. The highest BCUT2D eigenvalue weighted by Crippen LogP contribution is 2.34. The minimum Gasteiger partial charge on any atom is -0.377 e. The Morgan fingerprint density at radius 3 is 2.59 bits per heavy atom. The maximum atomic E-state index is 5.58. The molecule has 100 valence electrons. The van der Waals surface area contributed by atoms with Crippen LogP contribution in [0.25, 0.3) is 0 Å². The lowest BCUT2D eigenvalue weighted by molar-refractivity contribution is -0.0284. The summed E-state index contributed by atoms with van der Waals surface area (Å²) < 4.78 is 5.58. The summed E-state index contributed by atoms with van der Waals surface area (Å²) in [6.07, 6.45) is 4.08. The quantitative estimate of drug-likeness (QED) is 0.794. The van der Waals surface area contributed by atoms with Crippen molar-refractivity contribution in [3.05, 3.63) is 0 Å². The maximum Gasteiger partial charge on any atom is 0.0749 e. The highest BCUT2D eigenvalue weighted by Gasteiger charge is 2.38. The standard InChI is InChI=1S/C14H28N2O/c1-5-12-8-15-13(11-6-7-11)9-16(12)10-14(2,3)17-4/h11-13,15H,5-10H2,1-4H3. The summed E-state index contributed by atoms with van der Waals surface area (Å²) in [5, 5.41) is 3.73. The topological polar surface area (TPSA) is 24.5 Å². The van der Waals surface area contributed by atoms with Gasteiger partial charge in [-0.2, -0.15) is 0 Å². The summed E-state index contributed by atoms with van der Waals surface area (Å²) in [6.45, 7) is 10.1. The summed E-state index contributed by atoms with van der Waals surface area (Å²) in [6, 6.07) is 1.41. The first kappa shape index (κ1) is 13.3. The second-order valence-corrected chi connectivity index (χ2v) is 6.31. The molecule has 0 aromatic heterocycles. The Morgan fingerprint density at radius 2 is 2.06 bits per heavy atom. The van der Waals surface area contributed by atoms with E-state index in [-0.39, 0.29) is 5.60 Å². The molecule has 1 saturated carbocycles. The molecule has 2 rings (SSSR count). The van der Waals surface area contributed by atoms with Crippen LogP contribution in [0.1, 0.15) is 40.0 Å². The van der Waals surface area contributed by atoms with E-state index in [4.69, 9.17) is 4.74 Å². The van der Waals surface area contributed by atoms with Crippen molar-refractivity contribution in [3.63, 3.8) is 0 Å². The number of nitrogens with zero attached hydrogens (tertiary/aromatic N) is 1. The second-order valence-electron chi connectivity index (χ2n) is 6.31. The van der Waals surface area contributed by atoms with Crippen molar-refractivity contribution in [1.82, 2.24) is 10.2 Å². The Balaban J connectivity index is 1.94.